The summed E-state index contributed by atoms with van der Waals surface area (Å²) in [7, 11) is -4.18. The van der Waals surface area contributed by atoms with Gasteiger partial charge in [-0.25, -0.2) is 4.68 Å². The summed E-state index contributed by atoms with van der Waals surface area (Å²) in [5.41, 5.74) is 5.87. The number of aliphatic hydroxyl groups excluding tert-OH is 1. The Labute approximate surface area is 323 Å². The largest absolute Gasteiger partial charge is 0.466 e. The van der Waals surface area contributed by atoms with Crippen LogP contribution < -0.4 is 0 Å². The minimum absolute atomic E-state index is 0.000700. The smallest absolute Gasteiger partial charge is 0.416 e. The molecule has 0 fully saturated rings. The van der Waals surface area contributed by atoms with Gasteiger partial charge in [-0.1, -0.05) is 71.9 Å². The van der Waals surface area contributed by atoms with E-state index in [1.54, 1.807) is 17.7 Å². The number of nitrogens with zero attached hydrogens (tertiary/aromatic N) is 4. The van der Waals surface area contributed by atoms with Crippen molar-refractivity contribution in [2.24, 2.45) is 0 Å². The predicted octanol–water partition coefficient (Wildman–Crippen LogP) is 7.45. The average molecular weight is 793 g/mol. The van der Waals surface area contributed by atoms with E-state index in [-0.39, 0.29) is 57.7 Å². The second kappa shape index (κ2) is 17.3. The number of hydrogen-bond acceptors (Lipinski definition) is 9. The van der Waals surface area contributed by atoms with E-state index in [1.165, 1.54) is 16.4 Å². The Balaban J connectivity index is 1.26. The lowest BCUT2D eigenvalue weighted by molar-refractivity contribution is -0.143. The number of aliphatic hydroxyl groups is 1. The number of carbonyl (C=O) groups is 1. The molecular formula is C41H43F3N4O7S. The summed E-state index contributed by atoms with van der Waals surface area (Å²) in [5, 5.41) is 18.6. The molecule has 5 aromatic rings. The van der Waals surface area contributed by atoms with Crippen LogP contribution in [0.2, 0.25) is 0 Å². The first-order valence-electron chi connectivity index (χ1n) is 18.2. The highest BCUT2D eigenvalue weighted by Crippen LogP contribution is 2.36. The Morgan fingerprint density at radius 3 is 2.41 bits per heavy atom. The third kappa shape index (κ3) is 9.40. The standard InChI is InChI=1S/C41H43F3N4O7S/c1-4-53-38(50)23-36(31-11-10-27(2)33(22-31)24-47-20-18-39(55-56(47,51)52)54-26-29-8-6-5-7-9-29)35-16-17-37-40(28(35)3)45-46-48(37)25-32(19-21-49)30-12-14-34(15-13-30)41(42,43)44/h5-18,22,32,36,49H,4,19-21,23-26H2,1-3H3. The molecule has 2 heterocycles. The molecule has 0 amide bonds. The maximum atomic E-state index is 13.2. The van der Waals surface area contributed by atoms with E-state index in [2.05, 4.69) is 10.3 Å². The van der Waals surface area contributed by atoms with Gasteiger partial charge in [-0.2, -0.15) is 25.9 Å². The average Bonchev–Trinajstić information content (AvgIpc) is 3.58. The van der Waals surface area contributed by atoms with Crippen LogP contribution in [0, 0.1) is 13.8 Å². The minimum atomic E-state index is -4.46. The number of aryl methyl sites for hydroxylation is 2. The van der Waals surface area contributed by atoms with Gasteiger partial charge in [0.1, 0.15) is 12.1 Å². The third-order valence-corrected chi connectivity index (χ3v) is 11.2. The molecule has 2 unspecified atom stereocenters. The second-order valence-corrected chi connectivity index (χ2v) is 15.2. The Kier molecular flexibility index (Phi) is 12.5. The summed E-state index contributed by atoms with van der Waals surface area (Å²) in [6, 6.07) is 23.7. The van der Waals surface area contributed by atoms with E-state index in [9.17, 15) is 31.5 Å². The summed E-state index contributed by atoms with van der Waals surface area (Å²) >= 11 is 0. The van der Waals surface area contributed by atoms with Gasteiger partial charge in [-0.3, -0.25) is 4.79 Å². The number of aromatic nitrogens is 3. The minimum Gasteiger partial charge on any atom is -0.466 e. The highest BCUT2D eigenvalue weighted by molar-refractivity contribution is 7.84. The van der Waals surface area contributed by atoms with Gasteiger partial charge in [0.25, 0.3) is 5.95 Å². The molecule has 0 bridgehead atoms. The number of hydrogen-bond donors (Lipinski definition) is 1. The molecule has 11 nitrogen and oxygen atoms in total. The van der Waals surface area contributed by atoms with Gasteiger partial charge in [-0.05, 0) is 84.3 Å². The summed E-state index contributed by atoms with van der Waals surface area (Å²) in [6.07, 6.45) is -2.59. The van der Waals surface area contributed by atoms with Gasteiger partial charge in [0, 0.05) is 37.6 Å². The van der Waals surface area contributed by atoms with Crippen molar-refractivity contribution < 1.29 is 45.1 Å². The third-order valence-electron chi connectivity index (χ3n) is 9.93. The zero-order valence-corrected chi connectivity index (χ0v) is 32.0. The lowest BCUT2D eigenvalue weighted by Gasteiger charge is -2.26. The van der Waals surface area contributed by atoms with Crippen molar-refractivity contribution >= 4 is 27.3 Å². The molecule has 15 heteroatoms. The van der Waals surface area contributed by atoms with E-state index >= 15 is 0 Å². The monoisotopic (exact) mass is 792 g/mol. The molecule has 6 rings (SSSR count). The van der Waals surface area contributed by atoms with Crippen molar-refractivity contribution in [1.29, 1.82) is 0 Å². The molecule has 1 aromatic heterocycles. The van der Waals surface area contributed by atoms with E-state index < -0.39 is 33.9 Å². The van der Waals surface area contributed by atoms with E-state index in [0.717, 1.165) is 39.9 Å². The van der Waals surface area contributed by atoms with Crippen LogP contribution >= 0.6 is 0 Å². The van der Waals surface area contributed by atoms with Crippen molar-refractivity contribution in [3.63, 3.8) is 0 Å². The number of esters is 1. The Hall–Kier alpha value is -5.25. The Morgan fingerprint density at radius 1 is 1.00 bits per heavy atom. The molecule has 1 aliphatic heterocycles. The summed E-state index contributed by atoms with van der Waals surface area (Å²) in [5.74, 6) is -1.33. The van der Waals surface area contributed by atoms with E-state index in [4.69, 9.17) is 13.7 Å². The summed E-state index contributed by atoms with van der Waals surface area (Å²) in [6.45, 7) is 5.97. The van der Waals surface area contributed by atoms with Gasteiger partial charge in [-0.15, -0.1) is 5.10 Å². The van der Waals surface area contributed by atoms with Crippen LogP contribution in [0.15, 0.2) is 97.0 Å². The summed E-state index contributed by atoms with van der Waals surface area (Å²) in [4.78, 5) is 13.0. The van der Waals surface area contributed by atoms with Gasteiger partial charge in [0.15, 0.2) is 0 Å². The van der Waals surface area contributed by atoms with Gasteiger partial charge in [0.05, 0.1) is 30.7 Å². The number of benzene rings is 4. The molecule has 1 aliphatic rings. The van der Waals surface area contributed by atoms with Crippen molar-refractivity contribution in [3.05, 3.63) is 141 Å². The zero-order valence-electron chi connectivity index (χ0n) is 31.2. The first kappa shape index (κ1) is 40.4. The fraction of sp³-hybridized carbons (Fsp3) is 0.341. The first-order valence-corrected chi connectivity index (χ1v) is 19.6. The summed E-state index contributed by atoms with van der Waals surface area (Å²) < 4.78 is 85.2. The number of fused-ring (bicyclic) bond motifs is 1. The Morgan fingerprint density at radius 2 is 1.73 bits per heavy atom. The fourth-order valence-electron chi connectivity index (χ4n) is 6.84. The number of carbonyl (C=O) groups excluding carboxylic acids is 1. The lowest BCUT2D eigenvalue weighted by atomic mass is 9.84. The predicted molar refractivity (Wildman–Crippen MR) is 202 cm³/mol. The maximum absolute atomic E-state index is 13.2. The van der Waals surface area contributed by atoms with Crippen molar-refractivity contribution in [1.82, 2.24) is 19.3 Å². The lowest BCUT2D eigenvalue weighted by Crippen LogP contribution is -2.36. The number of alkyl halides is 3. The van der Waals surface area contributed by atoms with Crippen LogP contribution in [0.5, 0.6) is 0 Å². The van der Waals surface area contributed by atoms with Crippen LogP contribution in [0.25, 0.3) is 11.0 Å². The normalized spacial score (nSPS) is 15.5. The van der Waals surface area contributed by atoms with Crippen LogP contribution in [0.3, 0.4) is 0 Å². The highest BCUT2D eigenvalue weighted by Gasteiger charge is 2.32. The number of rotatable bonds is 15. The molecule has 2 atom stereocenters. The quantitative estimate of drug-likeness (QED) is 0.107. The van der Waals surface area contributed by atoms with Gasteiger partial charge >= 0.3 is 22.4 Å². The van der Waals surface area contributed by atoms with Crippen molar-refractivity contribution in [3.8, 4) is 0 Å². The molecule has 4 aromatic carbocycles. The topological polar surface area (TPSA) is 133 Å². The van der Waals surface area contributed by atoms with E-state index in [1.807, 2.05) is 74.5 Å². The molecule has 0 aliphatic carbocycles. The van der Waals surface area contributed by atoms with Crippen molar-refractivity contribution in [2.45, 2.75) is 71.3 Å². The number of halogens is 3. The maximum Gasteiger partial charge on any atom is 0.416 e. The Bertz CT molecular complexity index is 2300. The number of ether oxygens (including phenoxy) is 2. The molecule has 56 heavy (non-hydrogen) atoms. The molecular weight excluding hydrogens is 750 g/mol. The van der Waals surface area contributed by atoms with Gasteiger partial charge < -0.3 is 18.8 Å². The van der Waals surface area contributed by atoms with Crippen LogP contribution in [0.4, 0.5) is 13.2 Å². The highest BCUT2D eigenvalue weighted by atomic mass is 32.2. The molecule has 296 valence electrons. The molecule has 0 saturated heterocycles. The zero-order chi connectivity index (χ0) is 40.0. The second-order valence-electron chi connectivity index (χ2n) is 13.6. The SMILES string of the molecule is CCOC(=O)CC(c1ccc(C)c(CN2CC=C(OCc3ccccc3)OS2(=O)=O)c1)c1ccc2c(nnn2CC(CCO)c2ccc(C(F)(F)F)cc2)c1C. The van der Waals surface area contributed by atoms with Crippen LogP contribution in [-0.4, -0.2) is 58.6 Å². The molecule has 1 N–H and O–H groups in total. The van der Waals surface area contributed by atoms with Gasteiger partial charge in [0.2, 0.25) is 0 Å². The fourth-order valence-corrected chi connectivity index (χ4v) is 7.83. The van der Waals surface area contributed by atoms with Crippen LogP contribution in [0.1, 0.15) is 76.1 Å². The molecule has 0 saturated carbocycles. The van der Waals surface area contributed by atoms with E-state index in [0.29, 0.717) is 28.6 Å². The molecule has 0 radical (unpaired) electrons. The first-order chi connectivity index (χ1) is 26.8. The molecule has 0 spiro atoms. The van der Waals surface area contributed by atoms with Crippen LogP contribution in [-0.2, 0) is 54.6 Å². The van der Waals surface area contributed by atoms with Crippen molar-refractivity contribution in [2.75, 3.05) is 19.8 Å².